The fraction of sp³-hybridized carbons (Fsp3) is 0.545. The van der Waals surface area contributed by atoms with E-state index in [0.717, 1.165) is 5.56 Å². The molecule has 6 rings (SSSR count). The normalized spacial score (nSPS) is 31.8. The minimum absolute atomic E-state index is 0.225. The molecule has 1 spiro atoms. The van der Waals surface area contributed by atoms with Gasteiger partial charge < -0.3 is 29.4 Å². The molecule has 1 saturated carbocycles. The van der Waals surface area contributed by atoms with Gasteiger partial charge in [-0.25, -0.2) is 9.59 Å². The fourth-order valence-electron chi connectivity index (χ4n) is 8.53. The molecule has 1 aromatic heterocycles. The Bertz CT molecular complexity index is 1560. The average molecular weight is 608 g/mol. The molecule has 4 aliphatic rings. The van der Waals surface area contributed by atoms with E-state index in [-0.39, 0.29) is 6.04 Å². The largest absolute Gasteiger partial charge is 0.496 e. The quantitative estimate of drug-likeness (QED) is 0.294. The third-order valence-electron chi connectivity index (χ3n) is 9.95. The molecule has 0 radical (unpaired) electrons. The molecular weight excluding hydrogens is 566 g/mol. The Hall–Kier alpha value is -3.83. The molecule has 3 aliphatic heterocycles. The lowest BCUT2D eigenvalue weighted by molar-refractivity contribution is -0.226. The molecule has 11 heteroatoms. The summed E-state index contributed by atoms with van der Waals surface area (Å²) in [5, 5.41) is 16.2. The van der Waals surface area contributed by atoms with Crippen LogP contribution in [0.1, 0.15) is 53.0 Å². The summed E-state index contributed by atoms with van der Waals surface area (Å²) in [6, 6.07) is 6.34. The smallest absolute Gasteiger partial charge is 0.418 e. The van der Waals surface area contributed by atoms with Crippen LogP contribution in [0.15, 0.2) is 42.6 Å². The van der Waals surface area contributed by atoms with Crippen LogP contribution >= 0.6 is 0 Å². The van der Waals surface area contributed by atoms with Gasteiger partial charge in [0.15, 0.2) is 6.10 Å². The highest BCUT2D eigenvalue weighted by atomic mass is 16.6. The highest BCUT2D eigenvalue weighted by molar-refractivity contribution is 5.88. The number of hydrogen-bond acceptors (Lipinski definition) is 10. The third kappa shape index (κ3) is 3.98. The predicted octanol–water partition coefficient (Wildman–Crippen LogP) is 3.87. The summed E-state index contributed by atoms with van der Waals surface area (Å²) < 4.78 is 24.2. The number of aliphatic hydroxyl groups is 1. The molecule has 6 atom stereocenters. The molecule has 44 heavy (non-hydrogen) atoms. The summed E-state index contributed by atoms with van der Waals surface area (Å²) in [5.41, 5.74) is -1.79. The Kier molecular flexibility index (Phi) is 6.93. The monoisotopic (exact) mass is 607 g/mol. The van der Waals surface area contributed by atoms with Crippen molar-refractivity contribution in [2.75, 3.05) is 32.6 Å². The molecule has 1 unspecified atom stereocenters. The number of carbonyl (C=O) groups excluding carboxylic acids is 3. The minimum atomic E-state index is -2.23. The first-order chi connectivity index (χ1) is 20.8. The van der Waals surface area contributed by atoms with Crippen molar-refractivity contribution in [3.05, 3.63) is 48.2 Å². The SMILES string of the molecule is CC[C@]12C=CCN3CC[C@@]4(c5cc(-c6cccn6C(=O)OC(C)(C)C)c(OC)cc5NC4[C@@](O)(C(=O)OC)[C@@H]1OC(C)=O)[C@@H]32. The van der Waals surface area contributed by atoms with Crippen LogP contribution in [0.4, 0.5) is 10.5 Å². The standard InChI is InChI=1S/C33H41N3O8/c1-8-31-12-10-14-35-16-13-32(26(31)35)21-17-20(23-11-9-15-36(23)29(39)44-30(3,4)5)24(41-6)18-22(21)34-25(32)33(40,28(38)42-7)27(31)43-19(2)37/h9-12,15,17-18,25-27,34,40H,8,13-14,16H2,1-7H3/t25?,26-,27+,31+,32-,33-/m0/s1. The summed E-state index contributed by atoms with van der Waals surface area (Å²) in [7, 11) is 2.79. The van der Waals surface area contributed by atoms with E-state index in [0.29, 0.717) is 48.6 Å². The van der Waals surface area contributed by atoms with Gasteiger partial charge in [0.25, 0.3) is 0 Å². The Morgan fingerprint density at radius 1 is 1.18 bits per heavy atom. The molecule has 236 valence electrons. The predicted molar refractivity (Wildman–Crippen MR) is 162 cm³/mol. The Labute approximate surface area is 257 Å². The number of fused-ring (bicyclic) bond motifs is 1. The third-order valence-corrected chi connectivity index (χ3v) is 9.95. The van der Waals surface area contributed by atoms with Gasteiger partial charge in [0, 0.05) is 53.9 Å². The fourth-order valence-corrected chi connectivity index (χ4v) is 8.53. The lowest BCUT2D eigenvalue weighted by atomic mass is 9.48. The van der Waals surface area contributed by atoms with Crippen molar-refractivity contribution in [3.63, 3.8) is 0 Å². The van der Waals surface area contributed by atoms with Gasteiger partial charge in [0.1, 0.15) is 11.4 Å². The van der Waals surface area contributed by atoms with E-state index >= 15 is 0 Å². The molecule has 1 aromatic carbocycles. The van der Waals surface area contributed by atoms with Crippen LogP contribution in [-0.2, 0) is 29.2 Å². The number of anilines is 1. The van der Waals surface area contributed by atoms with Crippen molar-refractivity contribution in [2.24, 2.45) is 5.41 Å². The first-order valence-electron chi connectivity index (χ1n) is 15.1. The average Bonchev–Trinajstić information content (AvgIpc) is 3.70. The topological polar surface area (TPSA) is 129 Å². The number of aromatic nitrogens is 1. The van der Waals surface area contributed by atoms with Gasteiger partial charge in [-0.3, -0.25) is 14.3 Å². The molecule has 1 saturated heterocycles. The molecule has 2 fully saturated rings. The number of hydrogen-bond donors (Lipinski definition) is 2. The second-order valence-electron chi connectivity index (χ2n) is 13.3. The highest BCUT2D eigenvalue weighted by Crippen LogP contribution is 2.66. The Morgan fingerprint density at radius 3 is 2.57 bits per heavy atom. The zero-order valence-electron chi connectivity index (χ0n) is 26.3. The van der Waals surface area contributed by atoms with Crippen LogP contribution in [0.5, 0.6) is 5.75 Å². The molecule has 11 nitrogen and oxygen atoms in total. The molecular formula is C33H41N3O8. The highest BCUT2D eigenvalue weighted by Gasteiger charge is 2.79. The summed E-state index contributed by atoms with van der Waals surface area (Å²) in [4.78, 5) is 41.9. The lowest BCUT2D eigenvalue weighted by Gasteiger charge is -2.62. The van der Waals surface area contributed by atoms with Crippen molar-refractivity contribution in [1.29, 1.82) is 0 Å². The second-order valence-corrected chi connectivity index (χ2v) is 13.3. The van der Waals surface area contributed by atoms with E-state index in [4.69, 9.17) is 18.9 Å². The van der Waals surface area contributed by atoms with Crippen molar-refractivity contribution in [3.8, 4) is 17.0 Å². The number of esters is 2. The van der Waals surface area contributed by atoms with Crippen molar-refractivity contribution < 1.29 is 38.4 Å². The van der Waals surface area contributed by atoms with E-state index < -0.39 is 52.2 Å². The van der Waals surface area contributed by atoms with Crippen LogP contribution < -0.4 is 10.1 Å². The van der Waals surface area contributed by atoms with Gasteiger partial charge in [-0.15, -0.1) is 0 Å². The van der Waals surface area contributed by atoms with Crippen LogP contribution in [0.2, 0.25) is 0 Å². The zero-order chi connectivity index (χ0) is 31.8. The van der Waals surface area contributed by atoms with Crippen LogP contribution in [-0.4, -0.2) is 89.3 Å². The van der Waals surface area contributed by atoms with Gasteiger partial charge in [0.05, 0.1) is 26.0 Å². The van der Waals surface area contributed by atoms with Crippen LogP contribution in [0.3, 0.4) is 0 Å². The van der Waals surface area contributed by atoms with Crippen LogP contribution in [0, 0.1) is 5.41 Å². The number of nitrogens with zero attached hydrogens (tertiary/aromatic N) is 2. The molecule has 0 bridgehead atoms. The summed E-state index contributed by atoms with van der Waals surface area (Å²) in [5.74, 6) is -0.972. The lowest BCUT2D eigenvalue weighted by Crippen LogP contribution is -2.80. The number of ether oxygens (including phenoxy) is 4. The summed E-state index contributed by atoms with van der Waals surface area (Å²) in [6.07, 6.45) is 5.09. The van der Waals surface area contributed by atoms with Crippen LogP contribution in [0.25, 0.3) is 11.3 Å². The van der Waals surface area contributed by atoms with E-state index in [1.54, 1.807) is 19.4 Å². The zero-order valence-corrected chi connectivity index (χ0v) is 26.3. The molecule has 1 aliphatic carbocycles. The van der Waals surface area contributed by atoms with E-state index in [9.17, 15) is 19.5 Å². The number of benzene rings is 1. The maximum Gasteiger partial charge on any atom is 0.418 e. The van der Waals surface area contributed by atoms with Gasteiger partial charge in [-0.05, 0) is 63.9 Å². The van der Waals surface area contributed by atoms with Crippen molar-refractivity contribution >= 4 is 23.7 Å². The van der Waals surface area contributed by atoms with Gasteiger partial charge in [-0.1, -0.05) is 19.1 Å². The van der Waals surface area contributed by atoms with E-state index in [2.05, 4.69) is 10.2 Å². The number of methoxy groups -OCH3 is 2. The van der Waals surface area contributed by atoms with Gasteiger partial charge in [-0.2, -0.15) is 0 Å². The van der Waals surface area contributed by atoms with Crippen molar-refractivity contribution in [2.45, 2.75) is 82.3 Å². The molecule has 2 aromatic rings. The summed E-state index contributed by atoms with van der Waals surface area (Å²) in [6.45, 7) is 10.1. The summed E-state index contributed by atoms with van der Waals surface area (Å²) >= 11 is 0. The van der Waals surface area contributed by atoms with Crippen molar-refractivity contribution in [1.82, 2.24) is 9.47 Å². The second kappa shape index (κ2) is 10.1. The number of rotatable bonds is 5. The molecule has 2 N–H and O–H groups in total. The first kappa shape index (κ1) is 30.2. The molecule has 0 amide bonds. The number of nitrogens with one attached hydrogen (secondary N) is 1. The van der Waals surface area contributed by atoms with Gasteiger partial charge in [0.2, 0.25) is 5.60 Å². The Morgan fingerprint density at radius 2 is 1.93 bits per heavy atom. The number of carbonyl (C=O) groups is 3. The maximum atomic E-state index is 13.8. The molecule has 4 heterocycles. The minimum Gasteiger partial charge on any atom is -0.496 e. The Balaban J connectivity index is 1.60. The van der Waals surface area contributed by atoms with E-state index in [1.807, 2.05) is 58.0 Å². The maximum absolute atomic E-state index is 13.8. The van der Waals surface area contributed by atoms with E-state index in [1.165, 1.54) is 18.6 Å². The first-order valence-corrected chi connectivity index (χ1v) is 15.1. The van der Waals surface area contributed by atoms with Gasteiger partial charge >= 0.3 is 18.0 Å².